The van der Waals surface area contributed by atoms with Gasteiger partial charge >= 0.3 is 0 Å². The van der Waals surface area contributed by atoms with E-state index in [2.05, 4.69) is 6.92 Å². The van der Waals surface area contributed by atoms with Crippen LogP contribution in [0.2, 0.25) is 0 Å². The predicted octanol–water partition coefficient (Wildman–Crippen LogP) is 1.90. The van der Waals surface area contributed by atoms with Gasteiger partial charge in [-0.1, -0.05) is 19.3 Å². The van der Waals surface area contributed by atoms with Gasteiger partial charge in [-0.25, -0.2) is 0 Å². The number of nitrogens with two attached hydrogens (primary N) is 1. The van der Waals surface area contributed by atoms with Crippen molar-refractivity contribution in [2.75, 3.05) is 7.05 Å². The molecule has 1 heterocycles. The highest BCUT2D eigenvalue weighted by molar-refractivity contribution is 5.77. The topological polar surface area (TPSA) is 46.3 Å². The van der Waals surface area contributed by atoms with Crippen molar-refractivity contribution in [3.05, 3.63) is 0 Å². The lowest BCUT2D eigenvalue weighted by Crippen LogP contribution is -2.58. The molecule has 3 heteroatoms. The molecule has 2 aliphatic rings. The van der Waals surface area contributed by atoms with Crippen LogP contribution in [-0.4, -0.2) is 29.4 Å². The Morgan fingerprint density at radius 2 is 2.06 bits per heavy atom. The zero-order valence-electron chi connectivity index (χ0n) is 10.5. The molecule has 2 N–H and O–H groups in total. The van der Waals surface area contributed by atoms with Crippen molar-refractivity contribution in [2.45, 2.75) is 63.5 Å². The van der Waals surface area contributed by atoms with Crippen LogP contribution >= 0.6 is 0 Å². The fourth-order valence-electron chi connectivity index (χ4n) is 3.49. The molecule has 0 aromatic heterocycles. The summed E-state index contributed by atoms with van der Waals surface area (Å²) in [7, 11) is 1.96. The molecular formula is C13H24N2O. The van der Waals surface area contributed by atoms with Crippen LogP contribution < -0.4 is 5.73 Å². The molecular weight excluding hydrogens is 200 g/mol. The fourth-order valence-corrected chi connectivity index (χ4v) is 3.49. The molecule has 92 valence electrons. The number of nitrogens with zero attached hydrogens (tertiary/aromatic N) is 1. The SMILES string of the molecule is CN1C(=O)CCC2C1CCCCCC2(C)N. The van der Waals surface area contributed by atoms with E-state index >= 15 is 0 Å². The lowest BCUT2D eigenvalue weighted by molar-refractivity contribution is -0.138. The molecule has 16 heavy (non-hydrogen) atoms. The summed E-state index contributed by atoms with van der Waals surface area (Å²) < 4.78 is 0. The van der Waals surface area contributed by atoms with E-state index in [1.165, 1.54) is 19.3 Å². The third kappa shape index (κ3) is 2.10. The van der Waals surface area contributed by atoms with Crippen molar-refractivity contribution in [3.63, 3.8) is 0 Å². The Labute approximate surface area is 98.4 Å². The molecule has 1 aliphatic carbocycles. The van der Waals surface area contributed by atoms with Crippen LogP contribution in [-0.2, 0) is 4.79 Å². The van der Waals surface area contributed by atoms with Crippen LogP contribution in [0.4, 0.5) is 0 Å². The molecule has 1 aliphatic heterocycles. The summed E-state index contributed by atoms with van der Waals surface area (Å²) in [5, 5.41) is 0. The van der Waals surface area contributed by atoms with E-state index in [9.17, 15) is 4.79 Å². The average Bonchev–Trinajstić information content (AvgIpc) is 2.21. The molecule has 1 saturated heterocycles. The van der Waals surface area contributed by atoms with E-state index in [4.69, 9.17) is 5.73 Å². The Hall–Kier alpha value is -0.570. The Balaban J connectivity index is 2.20. The van der Waals surface area contributed by atoms with E-state index in [0.29, 0.717) is 24.3 Å². The minimum atomic E-state index is -0.0833. The quantitative estimate of drug-likeness (QED) is 0.683. The minimum Gasteiger partial charge on any atom is -0.342 e. The summed E-state index contributed by atoms with van der Waals surface area (Å²) in [6.45, 7) is 2.18. The number of hydrogen-bond acceptors (Lipinski definition) is 2. The zero-order chi connectivity index (χ0) is 11.8. The van der Waals surface area contributed by atoms with E-state index in [0.717, 1.165) is 19.3 Å². The van der Waals surface area contributed by atoms with Crippen LogP contribution in [0.15, 0.2) is 0 Å². The number of piperidine rings is 1. The highest BCUT2D eigenvalue weighted by Crippen LogP contribution is 2.37. The minimum absolute atomic E-state index is 0.0833. The second-order valence-corrected chi connectivity index (χ2v) is 5.82. The summed E-state index contributed by atoms with van der Waals surface area (Å²) in [6.07, 6.45) is 7.67. The number of fused-ring (bicyclic) bond motifs is 1. The van der Waals surface area contributed by atoms with Gasteiger partial charge < -0.3 is 10.6 Å². The van der Waals surface area contributed by atoms with E-state index in [1.807, 2.05) is 11.9 Å². The molecule has 0 radical (unpaired) electrons. The molecule has 0 spiro atoms. The fraction of sp³-hybridized carbons (Fsp3) is 0.923. The second-order valence-electron chi connectivity index (χ2n) is 5.82. The second kappa shape index (κ2) is 4.36. The summed E-state index contributed by atoms with van der Waals surface area (Å²) in [5.74, 6) is 0.799. The van der Waals surface area contributed by atoms with Gasteiger partial charge in [0.05, 0.1) is 0 Å². The van der Waals surface area contributed by atoms with E-state index in [-0.39, 0.29) is 5.54 Å². The Bertz CT molecular complexity index is 275. The van der Waals surface area contributed by atoms with Gasteiger partial charge in [0.1, 0.15) is 0 Å². The summed E-state index contributed by atoms with van der Waals surface area (Å²) in [4.78, 5) is 13.7. The van der Waals surface area contributed by atoms with E-state index in [1.54, 1.807) is 0 Å². The number of hydrogen-bond donors (Lipinski definition) is 1. The number of amides is 1. The first-order chi connectivity index (χ1) is 7.52. The first-order valence-electron chi connectivity index (χ1n) is 6.57. The number of carbonyl (C=O) groups is 1. The highest BCUT2D eigenvalue weighted by Gasteiger charge is 2.42. The summed E-state index contributed by atoms with van der Waals surface area (Å²) in [5.41, 5.74) is 6.39. The molecule has 2 rings (SSSR count). The molecule has 1 amide bonds. The Morgan fingerprint density at radius 3 is 2.81 bits per heavy atom. The highest BCUT2D eigenvalue weighted by atomic mass is 16.2. The van der Waals surface area contributed by atoms with Crippen LogP contribution in [0.5, 0.6) is 0 Å². The van der Waals surface area contributed by atoms with E-state index < -0.39 is 0 Å². The lowest BCUT2D eigenvalue weighted by Gasteiger charge is -2.47. The van der Waals surface area contributed by atoms with Crippen LogP contribution in [0.3, 0.4) is 0 Å². The van der Waals surface area contributed by atoms with Gasteiger partial charge in [-0.3, -0.25) is 4.79 Å². The lowest BCUT2D eigenvalue weighted by atomic mass is 9.70. The van der Waals surface area contributed by atoms with Gasteiger partial charge in [0, 0.05) is 25.0 Å². The maximum atomic E-state index is 11.7. The number of rotatable bonds is 0. The maximum absolute atomic E-state index is 11.7. The molecule has 0 aromatic rings. The monoisotopic (exact) mass is 224 g/mol. The molecule has 3 nitrogen and oxygen atoms in total. The largest absolute Gasteiger partial charge is 0.342 e. The van der Waals surface area contributed by atoms with Gasteiger partial charge in [-0.05, 0) is 32.1 Å². The Kier molecular flexibility index (Phi) is 3.24. The smallest absolute Gasteiger partial charge is 0.222 e. The summed E-state index contributed by atoms with van der Waals surface area (Å²) >= 11 is 0. The molecule has 1 saturated carbocycles. The molecule has 3 atom stereocenters. The van der Waals surface area contributed by atoms with Crippen LogP contribution in [0.1, 0.15) is 51.9 Å². The number of carbonyl (C=O) groups excluding carboxylic acids is 1. The normalized spacial score (nSPS) is 41.2. The van der Waals surface area contributed by atoms with Gasteiger partial charge in [0.15, 0.2) is 0 Å². The van der Waals surface area contributed by atoms with Gasteiger partial charge in [-0.15, -0.1) is 0 Å². The van der Waals surface area contributed by atoms with Crippen molar-refractivity contribution in [2.24, 2.45) is 11.7 Å². The van der Waals surface area contributed by atoms with Crippen molar-refractivity contribution in [1.82, 2.24) is 4.90 Å². The van der Waals surface area contributed by atoms with Crippen molar-refractivity contribution in [1.29, 1.82) is 0 Å². The van der Waals surface area contributed by atoms with Crippen molar-refractivity contribution < 1.29 is 4.79 Å². The number of likely N-dealkylation sites (tertiary alicyclic amines) is 1. The first-order valence-corrected chi connectivity index (χ1v) is 6.57. The molecule has 3 unspecified atom stereocenters. The van der Waals surface area contributed by atoms with Crippen LogP contribution in [0.25, 0.3) is 0 Å². The molecule has 0 aromatic carbocycles. The van der Waals surface area contributed by atoms with Gasteiger partial charge in [0.25, 0.3) is 0 Å². The summed E-state index contributed by atoms with van der Waals surface area (Å²) in [6, 6.07) is 0.386. The first kappa shape index (κ1) is 11.9. The Morgan fingerprint density at radius 1 is 1.31 bits per heavy atom. The average molecular weight is 224 g/mol. The van der Waals surface area contributed by atoms with Crippen molar-refractivity contribution in [3.8, 4) is 0 Å². The third-order valence-corrected chi connectivity index (χ3v) is 4.59. The molecule has 0 bridgehead atoms. The predicted molar refractivity (Wildman–Crippen MR) is 65.0 cm³/mol. The third-order valence-electron chi connectivity index (χ3n) is 4.59. The molecule has 2 fully saturated rings. The van der Waals surface area contributed by atoms with Crippen molar-refractivity contribution >= 4 is 5.91 Å². The van der Waals surface area contributed by atoms with Gasteiger partial charge in [0.2, 0.25) is 5.91 Å². The van der Waals surface area contributed by atoms with Crippen LogP contribution in [0, 0.1) is 5.92 Å². The standard InChI is InChI=1S/C13H24N2O/c1-13(14)9-5-3-4-6-11-10(13)7-8-12(16)15(11)2/h10-11H,3-9,14H2,1-2H3. The van der Waals surface area contributed by atoms with Gasteiger partial charge in [-0.2, -0.15) is 0 Å². The zero-order valence-corrected chi connectivity index (χ0v) is 10.5. The maximum Gasteiger partial charge on any atom is 0.222 e.